The lowest BCUT2D eigenvalue weighted by Gasteiger charge is -2.32. The third-order valence-corrected chi connectivity index (χ3v) is 4.32. The standard InChI is InChI=1S/C16H23ClN2O2/c1-18-13-4-3-9-19(11-13)16(20)8-6-12-5-7-15(21-2)14(17)10-12/h5,7,10,13,18H,3-4,6,8-9,11H2,1-2H3. The highest BCUT2D eigenvalue weighted by Gasteiger charge is 2.22. The lowest BCUT2D eigenvalue weighted by atomic mass is 10.0. The van der Waals surface area contributed by atoms with E-state index in [4.69, 9.17) is 16.3 Å². The molecule has 116 valence electrons. The minimum absolute atomic E-state index is 0.224. The van der Waals surface area contributed by atoms with Crippen LogP contribution < -0.4 is 10.1 Å². The number of nitrogens with one attached hydrogen (secondary N) is 1. The van der Waals surface area contributed by atoms with Crippen LogP contribution in [0.15, 0.2) is 18.2 Å². The summed E-state index contributed by atoms with van der Waals surface area (Å²) < 4.78 is 5.13. The first-order valence-corrected chi connectivity index (χ1v) is 7.79. The van der Waals surface area contributed by atoms with E-state index in [0.717, 1.165) is 31.5 Å². The Hall–Kier alpha value is -1.26. The average Bonchev–Trinajstić information content (AvgIpc) is 2.52. The Bertz CT molecular complexity index is 493. The lowest BCUT2D eigenvalue weighted by Crippen LogP contribution is -2.47. The minimum atomic E-state index is 0.224. The molecule has 0 aliphatic carbocycles. The number of likely N-dealkylation sites (N-methyl/N-ethyl adjacent to an activating group) is 1. The second-order valence-corrected chi connectivity index (χ2v) is 5.84. The molecule has 1 atom stereocenters. The van der Waals surface area contributed by atoms with Gasteiger partial charge in [-0.05, 0) is 44.0 Å². The molecule has 0 bridgehead atoms. The summed E-state index contributed by atoms with van der Waals surface area (Å²) in [6, 6.07) is 6.11. The van der Waals surface area contributed by atoms with Gasteiger partial charge < -0.3 is 15.0 Å². The smallest absolute Gasteiger partial charge is 0.222 e. The molecule has 1 aromatic rings. The van der Waals surface area contributed by atoms with Crippen molar-refractivity contribution in [3.8, 4) is 5.75 Å². The van der Waals surface area contributed by atoms with E-state index in [0.29, 0.717) is 29.7 Å². The van der Waals surface area contributed by atoms with E-state index >= 15 is 0 Å². The maximum Gasteiger partial charge on any atom is 0.222 e. The van der Waals surface area contributed by atoms with Gasteiger partial charge >= 0.3 is 0 Å². The molecule has 0 radical (unpaired) electrons. The van der Waals surface area contributed by atoms with Crippen molar-refractivity contribution in [2.75, 3.05) is 27.2 Å². The van der Waals surface area contributed by atoms with Crippen LogP contribution >= 0.6 is 11.6 Å². The summed E-state index contributed by atoms with van der Waals surface area (Å²) in [6.07, 6.45) is 3.46. The first kappa shape index (κ1) is 16.1. The molecule has 2 rings (SSSR count). The molecular formula is C16H23ClN2O2. The van der Waals surface area contributed by atoms with Crippen LogP contribution in [0.25, 0.3) is 0 Å². The van der Waals surface area contributed by atoms with Crippen LogP contribution in [0.1, 0.15) is 24.8 Å². The van der Waals surface area contributed by atoms with Crippen molar-refractivity contribution in [2.24, 2.45) is 0 Å². The number of methoxy groups -OCH3 is 1. The molecule has 1 aromatic carbocycles. The fourth-order valence-electron chi connectivity index (χ4n) is 2.71. The largest absolute Gasteiger partial charge is 0.495 e. The zero-order chi connectivity index (χ0) is 15.2. The molecule has 1 saturated heterocycles. The molecule has 5 heteroatoms. The molecule has 1 heterocycles. The van der Waals surface area contributed by atoms with E-state index in [1.54, 1.807) is 7.11 Å². The zero-order valence-electron chi connectivity index (χ0n) is 12.7. The number of benzene rings is 1. The van der Waals surface area contributed by atoms with Crippen molar-refractivity contribution in [1.29, 1.82) is 0 Å². The second-order valence-electron chi connectivity index (χ2n) is 5.44. The Morgan fingerprint density at radius 3 is 3.00 bits per heavy atom. The van der Waals surface area contributed by atoms with Crippen LogP contribution in [0.2, 0.25) is 5.02 Å². The van der Waals surface area contributed by atoms with Crippen molar-refractivity contribution < 1.29 is 9.53 Å². The highest BCUT2D eigenvalue weighted by atomic mass is 35.5. The number of rotatable bonds is 5. The number of aryl methyl sites for hydroxylation is 1. The fourth-order valence-corrected chi connectivity index (χ4v) is 2.99. The monoisotopic (exact) mass is 310 g/mol. The summed E-state index contributed by atoms with van der Waals surface area (Å²) in [6.45, 7) is 1.69. The maximum absolute atomic E-state index is 12.3. The topological polar surface area (TPSA) is 41.6 Å². The number of carbonyl (C=O) groups is 1. The van der Waals surface area contributed by atoms with Gasteiger partial charge in [0.2, 0.25) is 5.91 Å². The van der Waals surface area contributed by atoms with Crippen LogP contribution in [0.5, 0.6) is 5.75 Å². The van der Waals surface area contributed by atoms with Gasteiger partial charge in [0.15, 0.2) is 0 Å². The van der Waals surface area contributed by atoms with Crippen LogP contribution in [0, 0.1) is 0 Å². The van der Waals surface area contributed by atoms with Gasteiger partial charge in [0.1, 0.15) is 5.75 Å². The molecule has 1 aliphatic heterocycles. The van der Waals surface area contributed by atoms with E-state index in [-0.39, 0.29) is 5.91 Å². The van der Waals surface area contributed by atoms with Crippen molar-refractivity contribution in [2.45, 2.75) is 31.7 Å². The van der Waals surface area contributed by atoms with Crippen LogP contribution in [0.3, 0.4) is 0 Å². The first-order valence-electron chi connectivity index (χ1n) is 7.41. The predicted molar refractivity (Wildman–Crippen MR) is 85.0 cm³/mol. The zero-order valence-corrected chi connectivity index (χ0v) is 13.4. The number of piperidine rings is 1. The van der Waals surface area contributed by atoms with E-state index in [2.05, 4.69) is 5.32 Å². The van der Waals surface area contributed by atoms with E-state index in [9.17, 15) is 4.79 Å². The van der Waals surface area contributed by atoms with Gasteiger partial charge in [0.05, 0.1) is 12.1 Å². The predicted octanol–water partition coefficient (Wildman–Crippen LogP) is 2.49. The van der Waals surface area contributed by atoms with Crippen molar-refractivity contribution in [3.05, 3.63) is 28.8 Å². The molecule has 0 spiro atoms. The van der Waals surface area contributed by atoms with Crippen molar-refractivity contribution in [3.63, 3.8) is 0 Å². The van der Waals surface area contributed by atoms with Gasteiger partial charge in [-0.1, -0.05) is 17.7 Å². The van der Waals surface area contributed by atoms with Crippen molar-refractivity contribution >= 4 is 17.5 Å². The van der Waals surface area contributed by atoms with Gasteiger partial charge in [0.25, 0.3) is 0 Å². The molecule has 1 amide bonds. The Labute approximate surface area is 131 Å². The first-order chi connectivity index (χ1) is 10.1. The molecular weight excluding hydrogens is 288 g/mol. The Morgan fingerprint density at radius 1 is 1.52 bits per heavy atom. The number of halogens is 1. The Balaban J connectivity index is 1.87. The number of likely N-dealkylation sites (tertiary alicyclic amines) is 1. The SMILES string of the molecule is CNC1CCCN(C(=O)CCc2ccc(OC)c(Cl)c2)C1. The van der Waals surface area contributed by atoms with Gasteiger partial charge in [0, 0.05) is 25.6 Å². The number of hydrogen-bond donors (Lipinski definition) is 1. The quantitative estimate of drug-likeness (QED) is 0.908. The van der Waals surface area contributed by atoms with Gasteiger partial charge in [-0.15, -0.1) is 0 Å². The van der Waals surface area contributed by atoms with Gasteiger partial charge in [-0.2, -0.15) is 0 Å². The fraction of sp³-hybridized carbons (Fsp3) is 0.562. The second kappa shape index (κ2) is 7.66. The number of amides is 1. The highest BCUT2D eigenvalue weighted by molar-refractivity contribution is 6.32. The van der Waals surface area contributed by atoms with E-state index < -0.39 is 0 Å². The number of nitrogens with zero attached hydrogens (tertiary/aromatic N) is 1. The Morgan fingerprint density at radius 2 is 2.33 bits per heavy atom. The normalized spacial score (nSPS) is 18.6. The molecule has 21 heavy (non-hydrogen) atoms. The number of ether oxygens (including phenoxy) is 1. The molecule has 4 nitrogen and oxygen atoms in total. The summed E-state index contributed by atoms with van der Waals surface area (Å²) in [5.41, 5.74) is 1.07. The lowest BCUT2D eigenvalue weighted by molar-refractivity contribution is -0.132. The third kappa shape index (κ3) is 4.35. The van der Waals surface area contributed by atoms with Crippen molar-refractivity contribution in [1.82, 2.24) is 10.2 Å². The summed E-state index contributed by atoms with van der Waals surface area (Å²) in [5, 5.41) is 3.85. The van der Waals surface area contributed by atoms with E-state index in [1.165, 1.54) is 0 Å². The molecule has 1 aliphatic rings. The van der Waals surface area contributed by atoms with Gasteiger partial charge in [-0.25, -0.2) is 0 Å². The number of hydrogen-bond acceptors (Lipinski definition) is 3. The summed E-state index contributed by atoms with van der Waals surface area (Å²) >= 11 is 6.10. The average molecular weight is 311 g/mol. The molecule has 0 saturated carbocycles. The Kier molecular flexibility index (Phi) is 5.88. The third-order valence-electron chi connectivity index (χ3n) is 4.03. The number of carbonyl (C=O) groups excluding carboxylic acids is 1. The summed E-state index contributed by atoms with van der Waals surface area (Å²) in [7, 11) is 3.55. The highest BCUT2D eigenvalue weighted by Crippen LogP contribution is 2.25. The molecule has 1 N–H and O–H groups in total. The molecule has 1 unspecified atom stereocenters. The maximum atomic E-state index is 12.3. The minimum Gasteiger partial charge on any atom is -0.495 e. The summed E-state index contributed by atoms with van der Waals surface area (Å²) in [5.74, 6) is 0.890. The molecule has 0 aromatic heterocycles. The van der Waals surface area contributed by atoms with E-state index in [1.807, 2.05) is 30.1 Å². The van der Waals surface area contributed by atoms with Crippen LogP contribution in [-0.4, -0.2) is 44.1 Å². The van der Waals surface area contributed by atoms with Crippen LogP contribution in [0.4, 0.5) is 0 Å². The van der Waals surface area contributed by atoms with Crippen LogP contribution in [-0.2, 0) is 11.2 Å². The van der Waals surface area contributed by atoms with Gasteiger partial charge in [-0.3, -0.25) is 4.79 Å². The summed E-state index contributed by atoms with van der Waals surface area (Å²) in [4.78, 5) is 14.2. The molecule has 1 fully saturated rings.